The van der Waals surface area contributed by atoms with E-state index in [1.165, 1.54) is 12.7 Å². The summed E-state index contributed by atoms with van der Waals surface area (Å²) in [4.78, 5) is 25.3. The molecule has 2 aromatic rings. The second-order valence-electron chi connectivity index (χ2n) is 6.63. The van der Waals surface area contributed by atoms with E-state index in [2.05, 4.69) is 38.8 Å². The van der Waals surface area contributed by atoms with Crippen LogP contribution in [0.4, 0.5) is 5.82 Å². The van der Waals surface area contributed by atoms with Crippen LogP contribution in [-0.4, -0.2) is 54.1 Å². The summed E-state index contributed by atoms with van der Waals surface area (Å²) in [6, 6.07) is 7.77. The van der Waals surface area contributed by atoms with Crippen molar-refractivity contribution in [1.29, 1.82) is 5.26 Å². The number of pyridine rings is 2. The number of rotatable bonds is 4. The Kier molecular flexibility index (Phi) is 5.67. The molecule has 7 nitrogen and oxygen atoms in total. The van der Waals surface area contributed by atoms with Crippen molar-refractivity contribution in [1.82, 2.24) is 14.9 Å². The maximum atomic E-state index is 11.8. The van der Waals surface area contributed by atoms with E-state index in [1.807, 2.05) is 12.3 Å². The lowest BCUT2D eigenvalue weighted by atomic mass is 10.1. The van der Waals surface area contributed by atoms with Gasteiger partial charge in [0.2, 0.25) is 0 Å². The van der Waals surface area contributed by atoms with Crippen molar-refractivity contribution in [2.45, 2.75) is 20.4 Å². The lowest BCUT2D eigenvalue weighted by Crippen LogP contribution is -2.46. The fraction of sp³-hybridized carbons (Fsp3) is 0.400. The van der Waals surface area contributed by atoms with E-state index in [-0.39, 0.29) is 0 Å². The summed E-state index contributed by atoms with van der Waals surface area (Å²) in [5.74, 6) is 0.162. The minimum atomic E-state index is -0.474. The molecule has 1 aliphatic rings. The van der Waals surface area contributed by atoms with Crippen LogP contribution >= 0.6 is 0 Å². The van der Waals surface area contributed by atoms with Crippen LogP contribution in [0.15, 0.2) is 24.4 Å². The summed E-state index contributed by atoms with van der Waals surface area (Å²) in [6.45, 7) is 7.92. The molecular formula is C20H23N5O2. The number of esters is 1. The van der Waals surface area contributed by atoms with E-state index in [0.29, 0.717) is 22.6 Å². The molecule has 0 radical (unpaired) electrons. The van der Waals surface area contributed by atoms with Gasteiger partial charge in [-0.2, -0.15) is 5.26 Å². The Hall–Kier alpha value is -2.98. The minimum absolute atomic E-state index is 0.335. The van der Waals surface area contributed by atoms with Gasteiger partial charge in [-0.25, -0.2) is 9.78 Å². The molecule has 0 atom stereocenters. The van der Waals surface area contributed by atoms with Gasteiger partial charge in [-0.3, -0.25) is 9.88 Å². The Bertz CT molecular complexity index is 882. The van der Waals surface area contributed by atoms with Gasteiger partial charge in [-0.15, -0.1) is 0 Å². The normalized spacial score (nSPS) is 14.7. The third-order valence-electron chi connectivity index (χ3n) is 4.88. The number of ether oxygens (including phenoxy) is 1. The van der Waals surface area contributed by atoms with Crippen molar-refractivity contribution >= 4 is 11.8 Å². The number of carbonyl (C=O) groups is 1. The Morgan fingerprint density at radius 3 is 2.67 bits per heavy atom. The van der Waals surface area contributed by atoms with Crippen LogP contribution in [0.2, 0.25) is 0 Å². The number of nitriles is 1. The largest absolute Gasteiger partial charge is 0.465 e. The monoisotopic (exact) mass is 365 g/mol. The summed E-state index contributed by atoms with van der Waals surface area (Å²) in [6.07, 6.45) is 1.83. The number of aromatic nitrogens is 2. The van der Waals surface area contributed by atoms with Gasteiger partial charge in [-0.05, 0) is 31.5 Å². The molecule has 0 N–H and O–H groups in total. The van der Waals surface area contributed by atoms with Gasteiger partial charge in [0.25, 0.3) is 0 Å². The number of aryl methyl sites for hydroxylation is 2. The van der Waals surface area contributed by atoms with Crippen molar-refractivity contribution in [2.24, 2.45) is 0 Å². The first kappa shape index (κ1) is 18.8. The van der Waals surface area contributed by atoms with E-state index in [4.69, 9.17) is 4.74 Å². The Labute approximate surface area is 159 Å². The predicted octanol–water partition coefficient (Wildman–Crippen LogP) is 2.07. The first-order valence-electron chi connectivity index (χ1n) is 8.91. The molecule has 0 aliphatic carbocycles. The number of hydrogen-bond donors (Lipinski definition) is 0. The average Bonchev–Trinajstić information content (AvgIpc) is 2.69. The van der Waals surface area contributed by atoms with Crippen LogP contribution in [0.5, 0.6) is 0 Å². The molecule has 140 valence electrons. The highest BCUT2D eigenvalue weighted by molar-refractivity contribution is 5.91. The second-order valence-corrected chi connectivity index (χ2v) is 6.63. The number of piperazine rings is 1. The van der Waals surface area contributed by atoms with Crippen molar-refractivity contribution in [3.8, 4) is 6.07 Å². The molecule has 1 saturated heterocycles. The standard InChI is InChI=1S/C20H23N5O2/c1-14-5-4-6-22-18(14)13-24-7-9-25(10-8-24)19-16(12-21)11-17(15(2)23-19)20(26)27-3/h4-6,11H,7-10,13H2,1-3H3. The van der Waals surface area contributed by atoms with E-state index in [0.717, 1.165) is 38.4 Å². The van der Waals surface area contributed by atoms with E-state index < -0.39 is 5.97 Å². The Balaban J connectivity index is 1.72. The highest BCUT2D eigenvalue weighted by Crippen LogP contribution is 2.23. The number of carbonyl (C=O) groups excluding carboxylic acids is 1. The molecule has 1 fully saturated rings. The van der Waals surface area contributed by atoms with Gasteiger partial charge >= 0.3 is 5.97 Å². The minimum Gasteiger partial charge on any atom is -0.465 e. The molecule has 27 heavy (non-hydrogen) atoms. The molecule has 1 aliphatic heterocycles. The van der Waals surface area contributed by atoms with Gasteiger partial charge in [0, 0.05) is 38.9 Å². The van der Waals surface area contributed by atoms with E-state index in [1.54, 1.807) is 13.0 Å². The number of anilines is 1. The van der Waals surface area contributed by atoms with Crippen molar-refractivity contribution < 1.29 is 9.53 Å². The lowest BCUT2D eigenvalue weighted by Gasteiger charge is -2.35. The summed E-state index contributed by atoms with van der Waals surface area (Å²) in [5, 5.41) is 9.51. The third-order valence-corrected chi connectivity index (χ3v) is 4.88. The molecule has 0 bridgehead atoms. The number of hydrogen-bond acceptors (Lipinski definition) is 7. The molecule has 2 aromatic heterocycles. The molecule has 3 rings (SSSR count). The SMILES string of the molecule is COC(=O)c1cc(C#N)c(N2CCN(Cc3ncccc3C)CC2)nc1C. The zero-order valence-corrected chi connectivity index (χ0v) is 15.9. The Morgan fingerprint density at radius 2 is 2.04 bits per heavy atom. The van der Waals surface area contributed by atoms with Gasteiger partial charge in [0.05, 0.1) is 29.6 Å². The molecule has 0 spiro atoms. The zero-order valence-electron chi connectivity index (χ0n) is 15.9. The van der Waals surface area contributed by atoms with Crippen molar-refractivity contribution in [2.75, 3.05) is 38.2 Å². The van der Waals surface area contributed by atoms with Gasteiger partial charge < -0.3 is 9.64 Å². The summed E-state index contributed by atoms with van der Waals surface area (Å²) in [5.41, 5.74) is 3.60. The molecule has 7 heteroatoms. The molecule has 0 unspecified atom stereocenters. The summed E-state index contributed by atoms with van der Waals surface area (Å²) < 4.78 is 4.77. The van der Waals surface area contributed by atoms with Gasteiger partial charge in [-0.1, -0.05) is 6.07 Å². The first-order valence-corrected chi connectivity index (χ1v) is 8.91. The van der Waals surface area contributed by atoms with E-state index in [9.17, 15) is 10.1 Å². The molecule has 3 heterocycles. The topological polar surface area (TPSA) is 82.4 Å². The highest BCUT2D eigenvalue weighted by atomic mass is 16.5. The molecule has 0 aromatic carbocycles. The van der Waals surface area contributed by atoms with Crippen LogP contribution in [0.3, 0.4) is 0 Å². The quantitative estimate of drug-likeness (QED) is 0.767. The fourth-order valence-corrected chi connectivity index (χ4v) is 3.25. The maximum Gasteiger partial charge on any atom is 0.339 e. The lowest BCUT2D eigenvalue weighted by molar-refractivity contribution is 0.0599. The summed E-state index contributed by atoms with van der Waals surface area (Å²) in [7, 11) is 1.32. The smallest absolute Gasteiger partial charge is 0.339 e. The fourth-order valence-electron chi connectivity index (χ4n) is 3.25. The molecule has 0 amide bonds. The van der Waals surface area contributed by atoms with Crippen LogP contribution in [0.25, 0.3) is 0 Å². The Morgan fingerprint density at radius 1 is 1.30 bits per heavy atom. The molecule has 0 saturated carbocycles. The van der Waals surface area contributed by atoms with Crippen LogP contribution in [0, 0.1) is 25.2 Å². The first-order chi connectivity index (χ1) is 13.0. The van der Waals surface area contributed by atoms with Crippen LogP contribution in [-0.2, 0) is 11.3 Å². The van der Waals surface area contributed by atoms with Crippen LogP contribution in [0.1, 0.15) is 32.9 Å². The van der Waals surface area contributed by atoms with Gasteiger partial charge in [0.1, 0.15) is 11.9 Å². The average molecular weight is 365 g/mol. The second kappa shape index (κ2) is 8.14. The number of nitrogens with zero attached hydrogens (tertiary/aromatic N) is 5. The predicted molar refractivity (Wildman–Crippen MR) is 101 cm³/mol. The third kappa shape index (κ3) is 4.07. The van der Waals surface area contributed by atoms with Crippen molar-refractivity contribution in [3.05, 3.63) is 52.5 Å². The van der Waals surface area contributed by atoms with E-state index >= 15 is 0 Å². The van der Waals surface area contributed by atoms with Gasteiger partial charge in [0.15, 0.2) is 0 Å². The summed E-state index contributed by atoms with van der Waals surface area (Å²) >= 11 is 0. The zero-order chi connectivity index (χ0) is 19.4. The van der Waals surface area contributed by atoms with Crippen LogP contribution < -0.4 is 4.90 Å². The maximum absolute atomic E-state index is 11.8. The molecular weight excluding hydrogens is 342 g/mol. The highest BCUT2D eigenvalue weighted by Gasteiger charge is 2.23. The number of methoxy groups -OCH3 is 1. The van der Waals surface area contributed by atoms with Crippen molar-refractivity contribution in [3.63, 3.8) is 0 Å².